The quantitative estimate of drug-likeness (QED) is 0.476. The van der Waals surface area contributed by atoms with E-state index in [1.54, 1.807) is 19.1 Å². The Balaban J connectivity index is 1.78. The molecule has 200 valence electrons. The Morgan fingerprint density at radius 2 is 1.70 bits per heavy atom. The topological polar surface area (TPSA) is 167 Å². The summed E-state index contributed by atoms with van der Waals surface area (Å²) in [6, 6.07) is 8.52. The number of sulfonamides is 1. The first kappa shape index (κ1) is 28.1. The van der Waals surface area contributed by atoms with Gasteiger partial charge in [0.1, 0.15) is 23.7 Å². The molecule has 3 rings (SSSR count). The van der Waals surface area contributed by atoms with E-state index in [2.05, 4.69) is 5.32 Å². The van der Waals surface area contributed by atoms with Crippen molar-refractivity contribution in [3.63, 3.8) is 0 Å². The van der Waals surface area contributed by atoms with Crippen molar-refractivity contribution in [3.8, 4) is 5.75 Å². The van der Waals surface area contributed by atoms with E-state index >= 15 is 0 Å². The summed E-state index contributed by atoms with van der Waals surface area (Å²) in [4.78, 5) is 37.6. The second-order valence-electron chi connectivity index (χ2n) is 8.77. The van der Waals surface area contributed by atoms with Crippen LogP contribution in [0.25, 0.3) is 0 Å². The van der Waals surface area contributed by atoms with Gasteiger partial charge in [-0.25, -0.2) is 26.4 Å². The first-order valence-electron chi connectivity index (χ1n) is 11.0. The molecule has 0 saturated carbocycles. The highest BCUT2D eigenvalue weighted by Crippen LogP contribution is 2.26. The Morgan fingerprint density at radius 3 is 2.24 bits per heavy atom. The molecule has 1 saturated heterocycles. The zero-order chi connectivity index (χ0) is 27.5. The van der Waals surface area contributed by atoms with Crippen LogP contribution >= 0.6 is 0 Å². The molecule has 1 fully saturated rings. The van der Waals surface area contributed by atoms with Crippen molar-refractivity contribution in [2.24, 2.45) is 0 Å². The smallest absolute Gasteiger partial charge is 0.414 e. The molecule has 0 aromatic heterocycles. The fraction of sp³-hybridized carbons (Fsp3) is 0.348. The normalized spacial score (nSPS) is 18.1. The van der Waals surface area contributed by atoms with Crippen LogP contribution in [0.3, 0.4) is 0 Å². The van der Waals surface area contributed by atoms with Gasteiger partial charge in [-0.3, -0.25) is 4.79 Å². The molecule has 0 radical (unpaired) electrons. The highest BCUT2D eigenvalue weighted by Gasteiger charge is 2.47. The molecular weight excluding hydrogens is 526 g/mol. The van der Waals surface area contributed by atoms with Crippen molar-refractivity contribution in [1.29, 1.82) is 0 Å². The van der Waals surface area contributed by atoms with Gasteiger partial charge in [0.05, 0.1) is 10.6 Å². The van der Waals surface area contributed by atoms with Gasteiger partial charge in [-0.15, -0.1) is 0 Å². The van der Waals surface area contributed by atoms with Gasteiger partial charge in [0.25, 0.3) is 0 Å². The molecule has 0 spiro atoms. The van der Waals surface area contributed by atoms with Crippen LogP contribution in [0.2, 0.25) is 0 Å². The Bertz CT molecular complexity index is 1390. The van der Waals surface area contributed by atoms with Gasteiger partial charge >= 0.3 is 12.1 Å². The lowest BCUT2D eigenvalue weighted by molar-refractivity contribution is -0.142. The van der Waals surface area contributed by atoms with Crippen molar-refractivity contribution >= 4 is 37.8 Å². The minimum absolute atomic E-state index is 0.183. The maximum absolute atomic E-state index is 13.1. The number of carbonyl (C=O) groups is 3. The average Bonchev–Trinajstić information content (AvgIpc) is 3.16. The lowest BCUT2D eigenvalue weighted by Crippen LogP contribution is -2.52. The zero-order valence-corrected chi connectivity index (χ0v) is 22.0. The summed E-state index contributed by atoms with van der Waals surface area (Å²) in [6.45, 7) is 1.75. The Hall–Kier alpha value is -3.49. The van der Waals surface area contributed by atoms with Gasteiger partial charge in [-0.2, -0.15) is 4.31 Å². The van der Waals surface area contributed by atoms with Gasteiger partial charge in [0.15, 0.2) is 9.84 Å². The van der Waals surface area contributed by atoms with Crippen LogP contribution in [0.4, 0.5) is 4.79 Å². The maximum Gasteiger partial charge on any atom is 0.414 e. The molecule has 0 aliphatic carbocycles. The third-order valence-corrected chi connectivity index (χ3v) is 9.09. The summed E-state index contributed by atoms with van der Waals surface area (Å²) < 4.78 is 56.6. The zero-order valence-electron chi connectivity index (χ0n) is 20.3. The number of carboxylic acids is 1. The predicted molar refractivity (Wildman–Crippen MR) is 132 cm³/mol. The number of aryl methyl sites for hydroxylation is 1. The molecule has 2 atom stereocenters. The Labute approximate surface area is 214 Å². The third kappa shape index (κ3) is 6.84. The number of amides is 2. The second-order valence-corrected chi connectivity index (χ2v) is 12.7. The lowest BCUT2D eigenvalue weighted by Gasteiger charge is -2.24. The van der Waals surface area contributed by atoms with Crippen molar-refractivity contribution in [2.45, 2.75) is 30.3 Å². The van der Waals surface area contributed by atoms with Crippen molar-refractivity contribution in [1.82, 2.24) is 14.5 Å². The molecule has 2 aromatic carbocycles. The first-order valence-corrected chi connectivity index (χ1v) is 14.3. The van der Waals surface area contributed by atoms with Crippen LogP contribution in [0.5, 0.6) is 5.75 Å². The largest absolute Gasteiger partial charge is 0.480 e. The van der Waals surface area contributed by atoms with Crippen LogP contribution in [0.15, 0.2) is 53.4 Å². The molecule has 2 amide bonds. The van der Waals surface area contributed by atoms with E-state index in [9.17, 15) is 36.3 Å². The van der Waals surface area contributed by atoms with Gasteiger partial charge in [0, 0.05) is 20.5 Å². The number of aliphatic carboxylic acids is 1. The summed E-state index contributed by atoms with van der Waals surface area (Å²) in [6.07, 6.45) is -0.784. The van der Waals surface area contributed by atoms with E-state index < -0.39 is 61.5 Å². The molecule has 1 heterocycles. The van der Waals surface area contributed by atoms with Crippen LogP contribution in [-0.4, -0.2) is 86.9 Å². The number of carbonyl (C=O) groups excluding carboxylic acids is 2. The lowest BCUT2D eigenvalue weighted by atomic mass is 10.1. The molecule has 37 heavy (non-hydrogen) atoms. The van der Waals surface area contributed by atoms with Gasteiger partial charge in [-0.05, 0) is 36.8 Å². The fourth-order valence-electron chi connectivity index (χ4n) is 3.54. The third-order valence-electron chi connectivity index (χ3n) is 5.56. The molecule has 0 unspecified atom stereocenters. The van der Waals surface area contributed by atoms with E-state index in [-0.39, 0.29) is 17.1 Å². The summed E-state index contributed by atoms with van der Waals surface area (Å²) in [5.41, 5.74) is 1.26. The standard InChI is InChI=1S/C23H27N3O9S2/c1-15-4-10-18(11-5-15)37(33,34)26-14-36(31,32)13-20(26)21(27)24-19(22(28)29)12-16-6-8-17(9-7-16)35-23(30)25(2)3/h4-11,19-20H,12-14H2,1-3H3,(H,24,27)(H,28,29)/t19-,20-/m0/s1. The summed E-state index contributed by atoms with van der Waals surface area (Å²) in [5, 5.41) is 11.9. The number of hydrogen-bond donors (Lipinski definition) is 2. The summed E-state index contributed by atoms with van der Waals surface area (Å²) >= 11 is 0. The summed E-state index contributed by atoms with van der Waals surface area (Å²) in [5.74, 6) is -3.88. The Kier molecular flexibility index (Phi) is 8.25. The van der Waals surface area contributed by atoms with E-state index in [0.717, 1.165) is 5.56 Å². The van der Waals surface area contributed by atoms with Crippen molar-refractivity contribution < 1.29 is 41.1 Å². The van der Waals surface area contributed by atoms with Crippen LogP contribution in [0, 0.1) is 6.92 Å². The number of benzene rings is 2. The van der Waals surface area contributed by atoms with Crippen molar-refractivity contribution in [3.05, 3.63) is 59.7 Å². The number of hydrogen-bond acceptors (Lipinski definition) is 8. The minimum Gasteiger partial charge on any atom is -0.480 e. The van der Waals surface area contributed by atoms with E-state index in [1.807, 2.05) is 0 Å². The molecule has 0 bridgehead atoms. The molecule has 2 aromatic rings. The molecule has 1 aliphatic heterocycles. The molecule has 1 aliphatic rings. The van der Waals surface area contributed by atoms with E-state index in [4.69, 9.17) is 4.74 Å². The molecule has 12 nitrogen and oxygen atoms in total. The Morgan fingerprint density at radius 1 is 1.11 bits per heavy atom. The number of ether oxygens (including phenoxy) is 1. The highest BCUT2D eigenvalue weighted by atomic mass is 32.2. The van der Waals surface area contributed by atoms with Crippen LogP contribution in [-0.2, 0) is 35.9 Å². The molecule has 14 heteroatoms. The first-order chi connectivity index (χ1) is 17.2. The van der Waals surface area contributed by atoms with Gasteiger partial charge in [0.2, 0.25) is 15.9 Å². The highest BCUT2D eigenvalue weighted by molar-refractivity contribution is 7.94. The maximum atomic E-state index is 13.1. The van der Waals surface area contributed by atoms with Gasteiger partial charge in [-0.1, -0.05) is 29.8 Å². The van der Waals surface area contributed by atoms with E-state index in [1.165, 1.54) is 55.4 Å². The summed E-state index contributed by atoms with van der Waals surface area (Å²) in [7, 11) is -5.26. The second kappa shape index (κ2) is 10.9. The average molecular weight is 554 g/mol. The monoisotopic (exact) mass is 553 g/mol. The SMILES string of the molecule is Cc1ccc(S(=O)(=O)N2CS(=O)(=O)C[C@H]2C(=O)N[C@@H](Cc2ccc(OC(=O)N(C)C)cc2)C(=O)O)cc1. The van der Waals surface area contributed by atoms with Gasteiger partial charge < -0.3 is 20.1 Å². The number of carboxylic acid groups (broad SMARTS) is 1. The predicted octanol–water partition coefficient (Wildman–Crippen LogP) is 0.613. The molecular formula is C23H27N3O9S2. The van der Waals surface area contributed by atoms with E-state index in [0.29, 0.717) is 9.87 Å². The van der Waals surface area contributed by atoms with Crippen LogP contribution < -0.4 is 10.1 Å². The minimum atomic E-state index is -4.36. The molecule has 2 N–H and O–H groups in total. The van der Waals surface area contributed by atoms with Crippen molar-refractivity contribution in [2.75, 3.05) is 25.7 Å². The number of sulfone groups is 1. The number of nitrogens with one attached hydrogen (secondary N) is 1. The number of rotatable bonds is 8. The van der Waals surface area contributed by atoms with Crippen LogP contribution in [0.1, 0.15) is 11.1 Å². The fourth-order valence-corrected chi connectivity index (χ4v) is 7.41. The number of nitrogens with zero attached hydrogens (tertiary/aromatic N) is 2.